The fourth-order valence-electron chi connectivity index (χ4n) is 3.05. The second kappa shape index (κ2) is 10.5. The Hall–Kier alpha value is -3.28. The van der Waals surface area contributed by atoms with Crippen LogP contribution >= 0.6 is 0 Å². The lowest BCUT2D eigenvalue weighted by Gasteiger charge is -2.11. The van der Waals surface area contributed by atoms with E-state index in [2.05, 4.69) is 11.9 Å². The number of carbonyl (C=O) groups is 1. The number of hydrogen-bond donors (Lipinski definition) is 0. The van der Waals surface area contributed by atoms with Gasteiger partial charge >= 0.3 is 5.97 Å². The van der Waals surface area contributed by atoms with Crippen LogP contribution in [0.4, 0.5) is 0 Å². The first-order chi connectivity index (χ1) is 14.6. The van der Waals surface area contributed by atoms with Crippen LogP contribution in [0.1, 0.15) is 43.7 Å². The molecule has 0 bridgehead atoms. The summed E-state index contributed by atoms with van der Waals surface area (Å²) in [4.78, 5) is 16.6. The van der Waals surface area contributed by atoms with Crippen molar-refractivity contribution in [1.82, 2.24) is 0 Å². The number of carbonyl (C=O) groups excluding carboxylic acids is 1. The Morgan fingerprint density at radius 3 is 2.63 bits per heavy atom. The average Bonchev–Trinajstić information content (AvgIpc) is 3.14. The normalized spacial score (nSPS) is 14.4. The summed E-state index contributed by atoms with van der Waals surface area (Å²) in [5.41, 5.74) is 1.67. The molecule has 0 spiro atoms. The standard InChI is InChI=1S/C24H27NO5/c1-4-5-6-7-13-29-21-12-11-17(15-22(21)28-3)14-20-24(26)30-23(25-20)18-9-8-10-19(16-18)27-2/h8-12,14-16H,4-7,13H2,1-3H3/b20-14-. The predicted molar refractivity (Wildman–Crippen MR) is 116 cm³/mol. The minimum absolute atomic E-state index is 0.225. The SMILES string of the molecule is CCCCCCOc1ccc(/C=C2\N=C(c3cccc(OC)c3)OC2=O)cc1OC. The molecule has 0 fully saturated rings. The third-order valence-electron chi connectivity index (χ3n) is 4.68. The second-order valence-electron chi connectivity index (χ2n) is 6.89. The molecule has 2 aromatic carbocycles. The molecule has 6 nitrogen and oxygen atoms in total. The van der Waals surface area contributed by atoms with Crippen LogP contribution in [0.3, 0.4) is 0 Å². The van der Waals surface area contributed by atoms with Crippen molar-refractivity contribution in [2.45, 2.75) is 32.6 Å². The van der Waals surface area contributed by atoms with Gasteiger partial charge in [-0.3, -0.25) is 0 Å². The Balaban J connectivity index is 1.75. The minimum Gasteiger partial charge on any atom is -0.497 e. The van der Waals surface area contributed by atoms with E-state index in [1.54, 1.807) is 26.4 Å². The summed E-state index contributed by atoms with van der Waals surface area (Å²) in [5, 5.41) is 0. The number of nitrogens with zero attached hydrogens (tertiary/aromatic N) is 1. The van der Waals surface area contributed by atoms with E-state index in [4.69, 9.17) is 18.9 Å². The van der Waals surface area contributed by atoms with Crippen LogP contribution < -0.4 is 14.2 Å². The molecule has 0 amide bonds. The number of esters is 1. The number of ether oxygens (including phenoxy) is 4. The molecule has 1 aliphatic heterocycles. The highest BCUT2D eigenvalue weighted by molar-refractivity contribution is 6.13. The first-order valence-electron chi connectivity index (χ1n) is 10.1. The van der Waals surface area contributed by atoms with E-state index in [0.717, 1.165) is 18.4 Å². The lowest BCUT2D eigenvalue weighted by atomic mass is 10.1. The number of benzene rings is 2. The van der Waals surface area contributed by atoms with Crippen molar-refractivity contribution >= 4 is 17.9 Å². The Kier molecular flexibility index (Phi) is 7.49. The molecule has 3 rings (SSSR count). The zero-order valence-corrected chi connectivity index (χ0v) is 17.6. The molecule has 158 valence electrons. The minimum atomic E-state index is -0.497. The molecule has 0 saturated heterocycles. The van der Waals surface area contributed by atoms with Crippen molar-refractivity contribution in [3.63, 3.8) is 0 Å². The topological polar surface area (TPSA) is 66.3 Å². The van der Waals surface area contributed by atoms with Crippen LogP contribution in [-0.2, 0) is 9.53 Å². The summed E-state index contributed by atoms with van der Waals surface area (Å²) in [7, 11) is 3.18. The van der Waals surface area contributed by atoms with E-state index in [9.17, 15) is 4.79 Å². The number of methoxy groups -OCH3 is 2. The highest BCUT2D eigenvalue weighted by Gasteiger charge is 2.24. The van der Waals surface area contributed by atoms with Gasteiger partial charge in [0, 0.05) is 5.56 Å². The van der Waals surface area contributed by atoms with Crippen molar-refractivity contribution in [2.75, 3.05) is 20.8 Å². The highest BCUT2D eigenvalue weighted by atomic mass is 16.6. The zero-order valence-electron chi connectivity index (χ0n) is 17.6. The van der Waals surface area contributed by atoms with Gasteiger partial charge in [0.1, 0.15) is 5.75 Å². The van der Waals surface area contributed by atoms with Crippen molar-refractivity contribution in [3.8, 4) is 17.2 Å². The molecule has 2 aromatic rings. The van der Waals surface area contributed by atoms with Crippen LogP contribution in [-0.4, -0.2) is 32.7 Å². The fourth-order valence-corrected chi connectivity index (χ4v) is 3.05. The lowest BCUT2D eigenvalue weighted by molar-refractivity contribution is -0.129. The highest BCUT2D eigenvalue weighted by Crippen LogP contribution is 2.30. The Morgan fingerprint density at radius 1 is 1.00 bits per heavy atom. The van der Waals surface area contributed by atoms with Crippen molar-refractivity contribution in [3.05, 3.63) is 59.3 Å². The number of hydrogen-bond acceptors (Lipinski definition) is 6. The monoisotopic (exact) mass is 409 g/mol. The maximum atomic E-state index is 12.3. The predicted octanol–water partition coefficient (Wildman–Crippen LogP) is 5.01. The quantitative estimate of drug-likeness (QED) is 0.314. The summed E-state index contributed by atoms with van der Waals surface area (Å²) in [6, 6.07) is 12.7. The van der Waals surface area contributed by atoms with Crippen LogP contribution in [0.5, 0.6) is 17.2 Å². The fraction of sp³-hybridized carbons (Fsp3) is 0.333. The average molecular weight is 409 g/mol. The maximum Gasteiger partial charge on any atom is 0.363 e. The summed E-state index contributed by atoms with van der Waals surface area (Å²) in [6.07, 6.45) is 6.23. The van der Waals surface area contributed by atoms with Crippen molar-refractivity contribution in [2.24, 2.45) is 4.99 Å². The first kappa shape index (κ1) is 21.4. The number of unbranched alkanes of at least 4 members (excludes halogenated alkanes) is 3. The molecule has 0 atom stereocenters. The smallest absolute Gasteiger partial charge is 0.363 e. The van der Waals surface area contributed by atoms with E-state index >= 15 is 0 Å². The van der Waals surface area contributed by atoms with E-state index < -0.39 is 5.97 Å². The van der Waals surface area contributed by atoms with Crippen LogP contribution in [0.15, 0.2) is 53.2 Å². The first-order valence-corrected chi connectivity index (χ1v) is 10.1. The summed E-state index contributed by atoms with van der Waals surface area (Å²) >= 11 is 0. The van der Waals surface area contributed by atoms with Gasteiger partial charge in [0.25, 0.3) is 0 Å². The molecule has 6 heteroatoms. The second-order valence-corrected chi connectivity index (χ2v) is 6.89. The van der Waals surface area contributed by atoms with Gasteiger partial charge in [-0.05, 0) is 48.4 Å². The Morgan fingerprint density at radius 2 is 1.87 bits per heavy atom. The van der Waals surface area contributed by atoms with Gasteiger partial charge in [-0.1, -0.05) is 38.3 Å². The zero-order chi connectivity index (χ0) is 21.3. The maximum absolute atomic E-state index is 12.3. The Bertz CT molecular complexity index is 948. The molecule has 0 unspecified atom stereocenters. The molecule has 0 aliphatic carbocycles. The third-order valence-corrected chi connectivity index (χ3v) is 4.68. The van der Waals surface area contributed by atoms with Gasteiger partial charge in [-0.25, -0.2) is 9.79 Å². The third kappa shape index (κ3) is 5.41. The molecule has 30 heavy (non-hydrogen) atoms. The van der Waals surface area contributed by atoms with Gasteiger partial charge in [0.15, 0.2) is 17.2 Å². The largest absolute Gasteiger partial charge is 0.497 e. The lowest BCUT2D eigenvalue weighted by Crippen LogP contribution is -2.05. The summed E-state index contributed by atoms with van der Waals surface area (Å²) in [6.45, 7) is 2.83. The molecular formula is C24H27NO5. The van der Waals surface area contributed by atoms with E-state index in [-0.39, 0.29) is 11.6 Å². The van der Waals surface area contributed by atoms with Crippen LogP contribution in [0, 0.1) is 0 Å². The molecule has 0 aromatic heterocycles. The molecule has 1 heterocycles. The number of aliphatic imine (C=N–C) groups is 1. The molecular weight excluding hydrogens is 382 g/mol. The van der Waals surface area contributed by atoms with Crippen LogP contribution in [0.2, 0.25) is 0 Å². The van der Waals surface area contributed by atoms with Crippen molar-refractivity contribution < 1.29 is 23.7 Å². The van der Waals surface area contributed by atoms with E-state index in [1.165, 1.54) is 12.8 Å². The Labute approximate surface area is 177 Å². The summed E-state index contributed by atoms with van der Waals surface area (Å²) in [5.74, 6) is 1.72. The van der Waals surface area contributed by atoms with Crippen molar-refractivity contribution in [1.29, 1.82) is 0 Å². The van der Waals surface area contributed by atoms with Gasteiger partial charge in [0.2, 0.25) is 5.90 Å². The van der Waals surface area contributed by atoms with Gasteiger partial charge < -0.3 is 18.9 Å². The molecule has 1 aliphatic rings. The van der Waals surface area contributed by atoms with E-state index in [0.29, 0.717) is 29.4 Å². The number of rotatable bonds is 10. The molecule has 0 N–H and O–H groups in total. The van der Waals surface area contributed by atoms with E-state index in [1.807, 2.05) is 36.4 Å². The van der Waals surface area contributed by atoms with Gasteiger partial charge in [0.05, 0.1) is 20.8 Å². The molecule has 0 saturated carbocycles. The summed E-state index contributed by atoms with van der Waals surface area (Å²) < 4.78 is 21.8. The van der Waals surface area contributed by atoms with Gasteiger partial charge in [-0.2, -0.15) is 0 Å². The van der Waals surface area contributed by atoms with Gasteiger partial charge in [-0.15, -0.1) is 0 Å². The number of cyclic esters (lactones) is 1. The molecule has 0 radical (unpaired) electrons. The van der Waals surface area contributed by atoms with Crippen LogP contribution in [0.25, 0.3) is 6.08 Å².